The molecule has 1 heterocycles. The standard InChI is InChI=1S/C18H18N4OS/c1-13-6-5-9-15(10-13)19-17(23)12-24-18-20-16(21-22-18)11-14-7-3-2-4-8-14/h2-10H,11-12H2,1H3,(H,19,23)(H,20,21,22). The average Bonchev–Trinajstić information content (AvgIpc) is 3.01. The topological polar surface area (TPSA) is 70.7 Å². The van der Waals surface area contributed by atoms with Crippen LogP contribution in [-0.4, -0.2) is 26.8 Å². The van der Waals surface area contributed by atoms with Gasteiger partial charge >= 0.3 is 0 Å². The monoisotopic (exact) mass is 338 g/mol. The molecule has 0 radical (unpaired) electrons. The van der Waals surface area contributed by atoms with Gasteiger partial charge in [0.25, 0.3) is 0 Å². The van der Waals surface area contributed by atoms with Crippen molar-refractivity contribution in [1.82, 2.24) is 15.2 Å². The smallest absolute Gasteiger partial charge is 0.234 e. The molecule has 2 N–H and O–H groups in total. The minimum absolute atomic E-state index is 0.0694. The largest absolute Gasteiger partial charge is 0.325 e. The lowest BCUT2D eigenvalue weighted by Crippen LogP contribution is -2.14. The number of hydrogen-bond donors (Lipinski definition) is 2. The Kier molecular flexibility index (Phi) is 5.28. The molecule has 6 heteroatoms. The van der Waals surface area contributed by atoms with E-state index in [0.29, 0.717) is 11.6 Å². The van der Waals surface area contributed by atoms with E-state index in [0.717, 1.165) is 17.1 Å². The summed E-state index contributed by atoms with van der Waals surface area (Å²) in [5.74, 6) is 0.999. The van der Waals surface area contributed by atoms with Gasteiger partial charge in [0.1, 0.15) is 5.82 Å². The minimum atomic E-state index is -0.0694. The van der Waals surface area contributed by atoms with Crippen LogP contribution in [0.15, 0.2) is 59.8 Å². The number of amides is 1. The molecule has 0 atom stereocenters. The van der Waals surface area contributed by atoms with E-state index in [1.807, 2.05) is 61.5 Å². The van der Waals surface area contributed by atoms with E-state index >= 15 is 0 Å². The number of nitrogens with zero attached hydrogens (tertiary/aromatic N) is 2. The number of nitrogens with one attached hydrogen (secondary N) is 2. The number of rotatable bonds is 6. The van der Waals surface area contributed by atoms with E-state index in [9.17, 15) is 4.79 Å². The number of carbonyl (C=O) groups excluding carboxylic acids is 1. The Bertz CT molecular complexity index is 817. The normalized spacial score (nSPS) is 10.5. The summed E-state index contributed by atoms with van der Waals surface area (Å²) in [6, 6.07) is 17.8. The number of thioether (sulfide) groups is 1. The lowest BCUT2D eigenvalue weighted by atomic mass is 10.1. The molecule has 3 rings (SSSR count). The fourth-order valence-corrected chi connectivity index (χ4v) is 2.88. The van der Waals surface area contributed by atoms with E-state index in [2.05, 4.69) is 20.5 Å². The molecule has 5 nitrogen and oxygen atoms in total. The van der Waals surface area contributed by atoms with Crippen LogP contribution in [0.25, 0.3) is 0 Å². The number of aromatic amines is 1. The molecule has 2 aromatic carbocycles. The Morgan fingerprint density at radius 1 is 1.17 bits per heavy atom. The van der Waals surface area contributed by atoms with E-state index in [1.54, 1.807) is 0 Å². The second kappa shape index (κ2) is 7.79. The summed E-state index contributed by atoms with van der Waals surface area (Å²) in [5, 5.41) is 10.5. The fraction of sp³-hybridized carbons (Fsp3) is 0.167. The molecule has 0 fully saturated rings. The predicted octanol–water partition coefficient (Wildman–Crippen LogP) is 3.43. The van der Waals surface area contributed by atoms with Gasteiger partial charge in [0.2, 0.25) is 11.1 Å². The summed E-state index contributed by atoms with van der Waals surface area (Å²) in [5.41, 5.74) is 3.09. The highest BCUT2D eigenvalue weighted by atomic mass is 32.2. The maximum atomic E-state index is 12.0. The molecule has 0 unspecified atom stereocenters. The molecule has 0 bridgehead atoms. The van der Waals surface area contributed by atoms with Gasteiger partial charge in [0.05, 0.1) is 5.75 Å². The molecule has 0 spiro atoms. The molecule has 0 saturated heterocycles. The zero-order chi connectivity index (χ0) is 16.8. The molecule has 3 aromatic rings. The van der Waals surface area contributed by atoms with Gasteiger partial charge in [0, 0.05) is 12.1 Å². The molecule has 1 aromatic heterocycles. The van der Waals surface area contributed by atoms with Crippen LogP contribution in [0, 0.1) is 6.92 Å². The van der Waals surface area contributed by atoms with Crippen molar-refractivity contribution in [3.63, 3.8) is 0 Å². The van der Waals surface area contributed by atoms with E-state index in [-0.39, 0.29) is 11.7 Å². The molecule has 1 amide bonds. The van der Waals surface area contributed by atoms with Crippen molar-refractivity contribution in [2.45, 2.75) is 18.5 Å². The molecule has 24 heavy (non-hydrogen) atoms. The van der Waals surface area contributed by atoms with Crippen LogP contribution in [0.3, 0.4) is 0 Å². The predicted molar refractivity (Wildman–Crippen MR) is 96.2 cm³/mol. The first-order chi connectivity index (χ1) is 11.7. The Morgan fingerprint density at radius 2 is 2.00 bits per heavy atom. The minimum Gasteiger partial charge on any atom is -0.325 e. The van der Waals surface area contributed by atoms with Gasteiger partial charge in [-0.3, -0.25) is 9.89 Å². The molecule has 0 aliphatic heterocycles. The van der Waals surface area contributed by atoms with Gasteiger partial charge in [-0.15, -0.1) is 5.10 Å². The van der Waals surface area contributed by atoms with Gasteiger partial charge in [0.15, 0.2) is 0 Å². The molecule has 0 aliphatic carbocycles. The second-order valence-corrected chi connectivity index (χ2v) is 6.38. The van der Waals surface area contributed by atoms with Gasteiger partial charge in [-0.1, -0.05) is 54.2 Å². The van der Waals surface area contributed by atoms with Crippen molar-refractivity contribution in [2.75, 3.05) is 11.1 Å². The Balaban J connectivity index is 1.51. The number of anilines is 1. The number of aromatic nitrogens is 3. The van der Waals surface area contributed by atoms with Crippen LogP contribution in [0.2, 0.25) is 0 Å². The van der Waals surface area contributed by atoms with Crippen molar-refractivity contribution in [3.8, 4) is 0 Å². The van der Waals surface area contributed by atoms with Crippen molar-refractivity contribution >= 4 is 23.4 Å². The van der Waals surface area contributed by atoms with Gasteiger partial charge in [-0.2, -0.15) is 0 Å². The maximum Gasteiger partial charge on any atom is 0.234 e. The number of H-pyrrole nitrogens is 1. The first-order valence-electron chi connectivity index (χ1n) is 7.63. The molecule has 0 aliphatic rings. The average molecular weight is 338 g/mol. The summed E-state index contributed by atoms with van der Waals surface area (Å²) in [6.07, 6.45) is 0.698. The number of carbonyl (C=O) groups is 1. The van der Waals surface area contributed by atoms with Crippen molar-refractivity contribution in [1.29, 1.82) is 0 Å². The summed E-state index contributed by atoms with van der Waals surface area (Å²) in [6.45, 7) is 1.99. The first-order valence-corrected chi connectivity index (χ1v) is 8.62. The second-order valence-electron chi connectivity index (χ2n) is 5.43. The van der Waals surface area contributed by atoms with Crippen molar-refractivity contribution in [3.05, 3.63) is 71.5 Å². The summed E-state index contributed by atoms with van der Waals surface area (Å²) in [4.78, 5) is 16.4. The van der Waals surface area contributed by atoms with Gasteiger partial charge in [-0.05, 0) is 30.2 Å². The Morgan fingerprint density at radius 3 is 2.79 bits per heavy atom. The van der Waals surface area contributed by atoms with E-state index in [1.165, 1.54) is 17.3 Å². The highest BCUT2D eigenvalue weighted by molar-refractivity contribution is 7.99. The lowest BCUT2D eigenvalue weighted by molar-refractivity contribution is -0.113. The molecular weight excluding hydrogens is 320 g/mol. The van der Waals surface area contributed by atoms with Crippen LogP contribution < -0.4 is 5.32 Å². The Labute approximate surface area is 144 Å². The van der Waals surface area contributed by atoms with Crippen LogP contribution in [-0.2, 0) is 11.2 Å². The summed E-state index contributed by atoms with van der Waals surface area (Å²) >= 11 is 1.32. The molecule has 0 saturated carbocycles. The lowest BCUT2D eigenvalue weighted by Gasteiger charge is -2.04. The van der Waals surface area contributed by atoms with Crippen LogP contribution >= 0.6 is 11.8 Å². The third-order valence-corrected chi connectivity index (χ3v) is 4.21. The van der Waals surface area contributed by atoms with E-state index in [4.69, 9.17) is 0 Å². The first kappa shape index (κ1) is 16.3. The quantitative estimate of drug-likeness (QED) is 0.676. The van der Waals surface area contributed by atoms with Crippen molar-refractivity contribution in [2.24, 2.45) is 0 Å². The number of benzene rings is 2. The zero-order valence-electron chi connectivity index (χ0n) is 13.3. The van der Waals surface area contributed by atoms with Gasteiger partial charge in [-0.25, -0.2) is 4.98 Å². The molecule has 122 valence electrons. The van der Waals surface area contributed by atoms with Crippen molar-refractivity contribution < 1.29 is 4.79 Å². The summed E-state index contributed by atoms with van der Waals surface area (Å²) < 4.78 is 0. The van der Waals surface area contributed by atoms with Crippen LogP contribution in [0.5, 0.6) is 0 Å². The highest BCUT2D eigenvalue weighted by Crippen LogP contribution is 2.15. The number of hydrogen-bond acceptors (Lipinski definition) is 4. The zero-order valence-corrected chi connectivity index (χ0v) is 14.1. The summed E-state index contributed by atoms with van der Waals surface area (Å²) in [7, 11) is 0. The van der Waals surface area contributed by atoms with Gasteiger partial charge < -0.3 is 5.32 Å². The fourth-order valence-electron chi connectivity index (χ4n) is 2.26. The van der Waals surface area contributed by atoms with Crippen LogP contribution in [0.1, 0.15) is 17.0 Å². The molecular formula is C18H18N4OS. The highest BCUT2D eigenvalue weighted by Gasteiger charge is 2.08. The third kappa shape index (κ3) is 4.70. The van der Waals surface area contributed by atoms with Crippen LogP contribution in [0.4, 0.5) is 5.69 Å². The SMILES string of the molecule is Cc1cccc(NC(=O)CSc2n[nH]c(Cc3ccccc3)n2)c1. The van der Waals surface area contributed by atoms with E-state index < -0.39 is 0 Å². The third-order valence-electron chi connectivity index (χ3n) is 3.36. The Hall–Kier alpha value is -2.60. The maximum absolute atomic E-state index is 12.0. The number of aryl methyl sites for hydroxylation is 1.